The quantitative estimate of drug-likeness (QED) is 0.0212. The molecule has 80 heavy (non-hydrogen) atoms. The lowest BCUT2D eigenvalue weighted by Crippen LogP contribution is -2.47. The number of quaternary nitrogens is 1. The number of nitrogens with one attached hydrogen (secondary N) is 1. The van der Waals surface area contributed by atoms with Crippen molar-refractivity contribution in [1.29, 1.82) is 0 Å². The summed E-state index contributed by atoms with van der Waals surface area (Å²) in [6, 6.07) is -0.886. The number of likely N-dealkylation sites (N-methyl/N-ethyl adjacent to an activating group) is 1. The average molecular weight is 1150 g/mol. The van der Waals surface area contributed by atoms with Gasteiger partial charge in [-0.05, 0) is 63.9 Å². The normalized spacial score (nSPS) is 13.7. The van der Waals surface area contributed by atoms with Crippen LogP contribution < -0.4 is 10.2 Å². The molecule has 0 aromatic rings. The molecule has 0 saturated carbocycles. The van der Waals surface area contributed by atoms with E-state index in [0.717, 1.165) is 64.2 Å². The highest BCUT2D eigenvalue weighted by Gasteiger charge is 2.27. The third-order valence-corrected chi connectivity index (χ3v) is 16.8. The minimum Gasteiger partial charge on any atom is -0.756 e. The van der Waals surface area contributed by atoms with E-state index in [1.165, 1.54) is 250 Å². The third-order valence-electron chi connectivity index (χ3n) is 15.8. The first-order valence-electron chi connectivity index (χ1n) is 34.8. The second-order valence-electron chi connectivity index (χ2n) is 25.0. The van der Waals surface area contributed by atoms with Crippen LogP contribution in [-0.2, 0) is 27.9 Å². The predicted octanol–water partition coefficient (Wildman–Crippen LogP) is 21.2. The number of allylic oxidation sites excluding steroid dienone is 5. The van der Waals surface area contributed by atoms with E-state index in [9.17, 15) is 19.0 Å². The van der Waals surface area contributed by atoms with Crippen LogP contribution in [0.25, 0.3) is 0 Å². The van der Waals surface area contributed by atoms with Crippen LogP contribution in [-0.4, -0.2) is 69.4 Å². The van der Waals surface area contributed by atoms with Gasteiger partial charge in [0.25, 0.3) is 7.82 Å². The number of nitrogens with zero attached hydrogens (tertiary/aromatic N) is 1. The minimum atomic E-state index is -4.70. The van der Waals surface area contributed by atoms with Crippen molar-refractivity contribution in [3.05, 3.63) is 36.5 Å². The van der Waals surface area contributed by atoms with Crippen molar-refractivity contribution in [2.24, 2.45) is 0 Å². The van der Waals surface area contributed by atoms with Crippen LogP contribution in [0.15, 0.2) is 36.5 Å². The van der Waals surface area contributed by atoms with Crippen molar-refractivity contribution in [2.45, 2.75) is 360 Å². The number of carbonyl (C=O) groups is 2. The van der Waals surface area contributed by atoms with Gasteiger partial charge < -0.3 is 28.5 Å². The second kappa shape index (κ2) is 60.4. The molecule has 0 radical (unpaired) electrons. The topological polar surface area (TPSA) is 114 Å². The highest BCUT2D eigenvalue weighted by atomic mass is 31.2. The molecule has 0 spiro atoms. The Morgan fingerprint density at radius 1 is 0.438 bits per heavy atom. The Balaban J connectivity index is 5.09. The van der Waals surface area contributed by atoms with Crippen LogP contribution in [0.1, 0.15) is 348 Å². The molecule has 0 rings (SSSR count). The van der Waals surface area contributed by atoms with Gasteiger partial charge in [-0.1, -0.05) is 308 Å². The number of phosphoric acid groups is 1. The highest BCUT2D eigenvalue weighted by molar-refractivity contribution is 7.45. The summed E-state index contributed by atoms with van der Waals surface area (Å²) in [7, 11) is 1.20. The van der Waals surface area contributed by atoms with Gasteiger partial charge >= 0.3 is 5.97 Å². The van der Waals surface area contributed by atoms with Crippen LogP contribution in [0.5, 0.6) is 0 Å². The first-order valence-corrected chi connectivity index (χ1v) is 36.3. The van der Waals surface area contributed by atoms with E-state index in [0.29, 0.717) is 17.4 Å². The Hall–Kier alpha value is -1.77. The van der Waals surface area contributed by atoms with E-state index < -0.39 is 20.0 Å². The number of hydrogen-bond acceptors (Lipinski definition) is 7. The Labute approximate surface area is 497 Å². The molecule has 0 aliphatic heterocycles. The van der Waals surface area contributed by atoms with Crippen LogP contribution in [0.2, 0.25) is 0 Å². The third kappa shape index (κ3) is 60.8. The van der Waals surface area contributed by atoms with Crippen molar-refractivity contribution in [3.63, 3.8) is 0 Å². The molecule has 0 saturated heterocycles. The first kappa shape index (κ1) is 78.2. The molecule has 3 unspecified atom stereocenters. The van der Waals surface area contributed by atoms with Gasteiger partial charge in [0.1, 0.15) is 19.3 Å². The summed E-state index contributed by atoms with van der Waals surface area (Å²) in [5.74, 6) is -0.524. The summed E-state index contributed by atoms with van der Waals surface area (Å²) < 4.78 is 30.4. The summed E-state index contributed by atoms with van der Waals surface area (Å²) in [5, 5.41) is 3.05. The first-order chi connectivity index (χ1) is 38.9. The second-order valence-corrected chi connectivity index (χ2v) is 26.5. The summed E-state index contributed by atoms with van der Waals surface area (Å²) in [6.07, 6.45) is 74.0. The fourth-order valence-corrected chi connectivity index (χ4v) is 11.2. The number of hydrogen-bond donors (Lipinski definition) is 1. The fraction of sp³-hybridized carbons (Fsp3) is 0.886. The van der Waals surface area contributed by atoms with E-state index >= 15 is 0 Å². The number of esters is 1. The van der Waals surface area contributed by atoms with Crippen molar-refractivity contribution in [3.8, 4) is 0 Å². The zero-order chi connectivity index (χ0) is 58.6. The van der Waals surface area contributed by atoms with Gasteiger partial charge in [-0.3, -0.25) is 14.2 Å². The highest BCUT2D eigenvalue weighted by Crippen LogP contribution is 2.38. The Morgan fingerprint density at radius 3 is 1.15 bits per heavy atom. The molecule has 0 aromatic carbocycles. The smallest absolute Gasteiger partial charge is 0.306 e. The average Bonchev–Trinajstić information content (AvgIpc) is 3.42. The Kier molecular flexibility index (Phi) is 59.0. The summed E-state index contributed by atoms with van der Waals surface area (Å²) in [5.41, 5.74) is 0. The van der Waals surface area contributed by atoms with E-state index in [1.807, 2.05) is 33.3 Å². The number of phosphoric ester groups is 1. The molecule has 0 fully saturated rings. The lowest BCUT2D eigenvalue weighted by Gasteiger charge is -2.30. The molecule has 0 aliphatic rings. The maximum Gasteiger partial charge on any atom is 0.306 e. The van der Waals surface area contributed by atoms with Gasteiger partial charge in [0, 0.05) is 12.8 Å². The maximum absolute atomic E-state index is 13.6. The van der Waals surface area contributed by atoms with Crippen LogP contribution in [0.4, 0.5) is 0 Å². The van der Waals surface area contributed by atoms with Gasteiger partial charge in [0.05, 0.1) is 33.8 Å². The van der Waals surface area contributed by atoms with E-state index in [4.69, 9.17) is 13.8 Å². The lowest BCUT2D eigenvalue weighted by molar-refractivity contribution is -0.870. The van der Waals surface area contributed by atoms with Gasteiger partial charge in [0.2, 0.25) is 5.91 Å². The summed E-state index contributed by atoms with van der Waals surface area (Å²) in [6.45, 7) is 6.87. The number of rotatable bonds is 64. The monoisotopic (exact) mass is 1150 g/mol. The fourth-order valence-electron chi connectivity index (χ4n) is 10.4. The van der Waals surface area contributed by atoms with Crippen LogP contribution in [0.3, 0.4) is 0 Å². The number of carbonyl (C=O) groups excluding carboxylic acids is 2. The van der Waals surface area contributed by atoms with Crippen molar-refractivity contribution in [2.75, 3.05) is 40.9 Å². The van der Waals surface area contributed by atoms with Gasteiger partial charge in [-0.2, -0.15) is 0 Å². The molecular formula is C70H135N2O7P. The summed E-state index contributed by atoms with van der Waals surface area (Å²) in [4.78, 5) is 40.1. The van der Waals surface area contributed by atoms with E-state index in [2.05, 4.69) is 50.4 Å². The molecule has 9 nitrogen and oxygen atoms in total. The van der Waals surface area contributed by atoms with Crippen LogP contribution in [0, 0.1) is 0 Å². The van der Waals surface area contributed by atoms with Gasteiger partial charge in [0.15, 0.2) is 0 Å². The Bertz CT molecular complexity index is 1460. The minimum absolute atomic E-state index is 0.0199. The van der Waals surface area contributed by atoms with E-state index in [-0.39, 0.29) is 31.5 Å². The number of unbranched alkanes of at least 4 members (excludes halogenated alkanes) is 44. The molecule has 1 amide bonds. The summed E-state index contributed by atoms with van der Waals surface area (Å²) >= 11 is 0. The van der Waals surface area contributed by atoms with E-state index in [1.54, 1.807) is 0 Å². The molecule has 0 aliphatic carbocycles. The molecule has 472 valence electrons. The van der Waals surface area contributed by atoms with Crippen LogP contribution >= 0.6 is 7.82 Å². The van der Waals surface area contributed by atoms with Gasteiger partial charge in [-0.15, -0.1) is 0 Å². The molecule has 3 atom stereocenters. The van der Waals surface area contributed by atoms with Gasteiger partial charge in [-0.25, -0.2) is 0 Å². The van der Waals surface area contributed by atoms with Crippen molar-refractivity contribution >= 4 is 19.7 Å². The maximum atomic E-state index is 13.6. The lowest BCUT2D eigenvalue weighted by atomic mass is 10.0. The van der Waals surface area contributed by atoms with Crippen molar-refractivity contribution in [1.82, 2.24) is 5.32 Å². The molecular weight excluding hydrogens is 1010 g/mol. The molecule has 1 N–H and O–H groups in total. The van der Waals surface area contributed by atoms with Crippen molar-refractivity contribution < 1.29 is 37.3 Å². The molecule has 0 heterocycles. The predicted molar refractivity (Wildman–Crippen MR) is 344 cm³/mol. The largest absolute Gasteiger partial charge is 0.756 e. The molecule has 0 aromatic heterocycles. The SMILES string of the molecule is CCCCC/C=C\C/C=C\CCCCCCCCCCCCCC(=O)NC(COP(=O)([O-])OCC[N+](C)(C)C)C(/C=C/CCCCCCCCCCCC)OC(=O)CCCCCCCCCCCCCCCCCCCCCCC. The molecule has 0 bridgehead atoms. The standard InChI is InChI=1S/C70H135N2O7P/c1-7-10-13-16-19-22-25-28-30-32-34-36-38-40-42-44-47-50-53-56-59-62-69(73)71-67(66-78-80(75,76)77-65-64-72(4,5)6)68(61-58-55-52-49-46-27-24-21-18-15-12-9-3)79-70(74)63-60-57-54-51-48-45-43-41-39-37-35-33-31-29-26-23-20-17-14-11-8-2/h19,22,28,30,58,61,67-68H,7-18,20-21,23-27,29,31-57,59-60,62-66H2,1-6H3,(H-,71,73,75,76)/b22-19-,30-28-,61-58+. The number of ether oxygens (including phenoxy) is 1. The zero-order valence-corrected chi connectivity index (χ0v) is 54.9. The Morgan fingerprint density at radius 2 is 0.762 bits per heavy atom. The zero-order valence-electron chi connectivity index (χ0n) is 54.1. The molecule has 10 heteroatoms. The number of amides is 1.